The van der Waals surface area contributed by atoms with E-state index in [1.54, 1.807) is 17.9 Å². The number of carbonyl (C=O) groups is 2. The van der Waals surface area contributed by atoms with Crippen LogP contribution < -0.4 is 5.32 Å². The number of rotatable bonds is 6. The van der Waals surface area contributed by atoms with Gasteiger partial charge in [-0.15, -0.1) is 0 Å². The third kappa shape index (κ3) is 9.27. The predicted octanol–water partition coefficient (Wildman–Crippen LogP) is 4.51. The highest BCUT2D eigenvalue weighted by atomic mass is 16.6. The van der Waals surface area contributed by atoms with E-state index in [4.69, 9.17) is 9.47 Å². The number of nitrogens with one attached hydrogen (secondary N) is 1. The van der Waals surface area contributed by atoms with Crippen molar-refractivity contribution in [2.45, 2.75) is 89.9 Å². The van der Waals surface area contributed by atoms with Crippen molar-refractivity contribution in [1.82, 2.24) is 15.1 Å². The molecule has 1 unspecified atom stereocenters. The lowest BCUT2D eigenvalue weighted by Crippen LogP contribution is -2.50. The fraction of sp³-hybridized carbons (Fsp3) is 0.600. The largest absolute Gasteiger partial charge is 0.457 e. The van der Waals surface area contributed by atoms with Crippen LogP contribution in [0.3, 0.4) is 0 Å². The monoisotopic (exact) mass is 609 g/mol. The van der Waals surface area contributed by atoms with Gasteiger partial charge < -0.3 is 34.8 Å². The lowest BCUT2D eigenvalue weighted by atomic mass is 9.88. The molecule has 3 N–H and O–H groups in total. The Balaban J connectivity index is 1.47. The summed E-state index contributed by atoms with van der Waals surface area (Å²) in [5, 5.41) is 25.6. The van der Waals surface area contributed by atoms with Crippen molar-refractivity contribution in [1.29, 1.82) is 0 Å². The van der Waals surface area contributed by atoms with Gasteiger partial charge in [0.15, 0.2) is 6.10 Å². The molecule has 0 bridgehead atoms. The number of ether oxygens (including phenoxy) is 2. The van der Waals surface area contributed by atoms with Crippen LogP contribution in [0.1, 0.15) is 70.5 Å². The molecular formula is C35H51N3O6. The molecule has 3 aliphatic heterocycles. The average Bonchev–Trinajstić information content (AvgIpc) is 3.39. The van der Waals surface area contributed by atoms with Gasteiger partial charge in [-0.2, -0.15) is 0 Å². The molecule has 242 valence electrons. The number of hydrogen-bond acceptors (Lipinski definition) is 8. The second-order valence-corrected chi connectivity index (χ2v) is 13.1. The van der Waals surface area contributed by atoms with Crippen LogP contribution in [0.2, 0.25) is 0 Å². The fourth-order valence-corrected chi connectivity index (χ4v) is 6.15. The minimum absolute atomic E-state index is 0.147. The molecule has 0 spiro atoms. The minimum atomic E-state index is -1.43. The molecule has 1 fully saturated rings. The summed E-state index contributed by atoms with van der Waals surface area (Å²) in [6.45, 7) is 11.2. The van der Waals surface area contributed by atoms with Gasteiger partial charge in [-0.1, -0.05) is 62.4 Å². The second kappa shape index (κ2) is 15.3. The van der Waals surface area contributed by atoms with Crippen molar-refractivity contribution in [2.24, 2.45) is 11.8 Å². The Morgan fingerprint density at radius 1 is 1.23 bits per heavy atom. The zero-order chi connectivity index (χ0) is 31.9. The van der Waals surface area contributed by atoms with Gasteiger partial charge in [0, 0.05) is 44.7 Å². The van der Waals surface area contributed by atoms with E-state index in [9.17, 15) is 19.8 Å². The molecule has 0 saturated carbocycles. The normalized spacial score (nSPS) is 32.3. The van der Waals surface area contributed by atoms with Crippen molar-refractivity contribution < 1.29 is 29.3 Å². The highest BCUT2D eigenvalue weighted by molar-refractivity contribution is 5.70. The number of esters is 1. The Hall–Kier alpha value is -2.98. The van der Waals surface area contributed by atoms with Gasteiger partial charge in [0.2, 0.25) is 0 Å². The average molecular weight is 610 g/mol. The Bertz CT molecular complexity index is 1220. The molecule has 0 aliphatic carbocycles. The van der Waals surface area contributed by atoms with Crippen LogP contribution in [-0.4, -0.2) is 89.2 Å². The van der Waals surface area contributed by atoms with E-state index in [0.717, 1.165) is 31.6 Å². The predicted molar refractivity (Wildman–Crippen MR) is 171 cm³/mol. The Kier molecular flexibility index (Phi) is 11.8. The summed E-state index contributed by atoms with van der Waals surface area (Å²) in [5.74, 6) is -0.443. The molecule has 1 amide bonds. The first kappa shape index (κ1) is 33.9. The lowest BCUT2D eigenvalue weighted by molar-refractivity contribution is -0.151. The molecule has 9 heteroatoms. The number of piperazine rings is 1. The Labute approximate surface area is 262 Å². The van der Waals surface area contributed by atoms with Crippen LogP contribution in [0, 0.1) is 11.8 Å². The molecule has 3 aliphatic rings. The number of amides is 1. The maximum absolute atomic E-state index is 13.0. The molecule has 1 aromatic carbocycles. The second-order valence-electron chi connectivity index (χ2n) is 13.1. The van der Waals surface area contributed by atoms with Crippen molar-refractivity contribution in [3.8, 4) is 0 Å². The molecule has 4 rings (SSSR count). The molecular weight excluding hydrogens is 558 g/mol. The number of benzene rings is 1. The SMILES string of the molecule is C/C(=C\C=C\[C@H](C)CC1NCc2ccccc21)[C@H]1OC(=O)C[C@@H](O)CC[C@](C)(O)[C@@H](OC(=O)N2CCN(C)CC2)/C=C/[C@@H]1C. The van der Waals surface area contributed by atoms with E-state index in [0.29, 0.717) is 25.0 Å². The summed E-state index contributed by atoms with van der Waals surface area (Å²) >= 11 is 0. The third-order valence-corrected chi connectivity index (χ3v) is 9.14. The summed E-state index contributed by atoms with van der Waals surface area (Å²) in [4.78, 5) is 29.7. The van der Waals surface area contributed by atoms with Crippen molar-refractivity contribution in [3.63, 3.8) is 0 Å². The van der Waals surface area contributed by atoms with Gasteiger partial charge in [0.25, 0.3) is 0 Å². The van der Waals surface area contributed by atoms with E-state index in [1.165, 1.54) is 11.1 Å². The maximum atomic E-state index is 13.0. The Morgan fingerprint density at radius 2 is 1.95 bits per heavy atom. The Morgan fingerprint density at radius 3 is 2.70 bits per heavy atom. The number of fused-ring (bicyclic) bond motifs is 1. The van der Waals surface area contributed by atoms with Gasteiger partial charge in [0.05, 0.1) is 12.5 Å². The van der Waals surface area contributed by atoms with E-state index in [1.807, 2.05) is 39.1 Å². The topological polar surface area (TPSA) is 112 Å². The molecule has 7 atom stereocenters. The van der Waals surface area contributed by atoms with Gasteiger partial charge in [-0.05, 0) is 68.9 Å². The summed E-state index contributed by atoms with van der Waals surface area (Å²) in [5.41, 5.74) is 2.15. The van der Waals surface area contributed by atoms with E-state index in [-0.39, 0.29) is 25.2 Å². The summed E-state index contributed by atoms with van der Waals surface area (Å²) in [6.07, 6.45) is 7.83. The first-order valence-electron chi connectivity index (χ1n) is 16.0. The van der Waals surface area contributed by atoms with Crippen molar-refractivity contribution in [2.75, 3.05) is 33.2 Å². The molecule has 44 heavy (non-hydrogen) atoms. The molecule has 0 radical (unpaired) electrons. The smallest absolute Gasteiger partial charge is 0.410 e. The van der Waals surface area contributed by atoms with Crippen molar-refractivity contribution in [3.05, 3.63) is 71.3 Å². The quantitative estimate of drug-likeness (QED) is 0.246. The van der Waals surface area contributed by atoms with Crippen molar-refractivity contribution >= 4 is 12.1 Å². The lowest BCUT2D eigenvalue weighted by Gasteiger charge is -2.36. The maximum Gasteiger partial charge on any atom is 0.410 e. The fourth-order valence-electron chi connectivity index (χ4n) is 6.15. The highest BCUT2D eigenvalue weighted by Crippen LogP contribution is 2.31. The first-order valence-corrected chi connectivity index (χ1v) is 16.0. The van der Waals surface area contributed by atoms with E-state index >= 15 is 0 Å². The number of likely N-dealkylation sites (N-methyl/N-ethyl adjacent to an activating group) is 1. The van der Waals surface area contributed by atoms with E-state index < -0.39 is 36.0 Å². The van der Waals surface area contributed by atoms with Crippen LogP contribution >= 0.6 is 0 Å². The van der Waals surface area contributed by atoms with Gasteiger partial charge in [0.1, 0.15) is 11.7 Å². The number of cyclic esters (lactones) is 1. The summed E-state index contributed by atoms with van der Waals surface area (Å²) in [7, 11) is 2.01. The number of allylic oxidation sites excluding steroid dienone is 3. The van der Waals surface area contributed by atoms with Crippen LogP contribution in [-0.2, 0) is 20.8 Å². The number of carbonyl (C=O) groups excluding carboxylic acids is 2. The summed E-state index contributed by atoms with van der Waals surface area (Å²) < 4.78 is 11.8. The molecule has 1 aromatic rings. The number of nitrogens with zero attached hydrogens (tertiary/aromatic N) is 2. The molecule has 1 saturated heterocycles. The third-order valence-electron chi connectivity index (χ3n) is 9.14. The van der Waals surface area contributed by atoms with Gasteiger partial charge >= 0.3 is 12.1 Å². The highest BCUT2D eigenvalue weighted by Gasteiger charge is 2.36. The molecule has 0 aromatic heterocycles. The number of hydrogen-bond donors (Lipinski definition) is 3. The van der Waals surface area contributed by atoms with Crippen LogP contribution in [0.4, 0.5) is 4.79 Å². The van der Waals surface area contributed by atoms with Crippen LogP contribution in [0.5, 0.6) is 0 Å². The molecule has 3 heterocycles. The van der Waals surface area contributed by atoms with Gasteiger partial charge in [-0.3, -0.25) is 4.79 Å². The van der Waals surface area contributed by atoms with Crippen LogP contribution in [0.15, 0.2) is 60.2 Å². The van der Waals surface area contributed by atoms with Gasteiger partial charge in [-0.25, -0.2) is 4.79 Å². The minimum Gasteiger partial charge on any atom is -0.457 e. The number of aliphatic hydroxyl groups is 2. The van der Waals surface area contributed by atoms with E-state index in [2.05, 4.69) is 47.5 Å². The summed E-state index contributed by atoms with van der Waals surface area (Å²) in [6, 6.07) is 8.87. The standard InChI is InChI=1S/C35H51N3O6/c1-24(21-30-29-12-7-6-11-27(29)23-36-30)9-8-10-25(2)33-26(3)13-14-31(43-34(41)38-19-17-37(5)18-20-38)35(4,42)16-15-28(39)22-32(40)44-33/h6-14,24,26,28,30-31,33,36,39,42H,15-23H2,1-5H3/b9-8+,14-13+,25-10+/t24-,26-,28-,30?,31-,33+,35-/m0/s1. The van der Waals surface area contributed by atoms with Crippen LogP contribution in [0.25, 0.3) is 0 Å². The number of aliphatic hydroxyl groups excluding tert-OH is 1. The zero-order valence-electron chi connectivity index (χ0n) is 26.9. The molecule has 9 nitrogen and oxygen atoms in total. The first-order chi connectivity index (χ1) is 20.9. The zero-order valence-corrected chi connectivity index (χ0v) is 26.9.